The molecule has 1 fully saturated rings. The average Bonchev–Trinajstić information content (AvgIpc) is 2.26. The number of hydrogen-bond acceptors (Lipinski definition) is 4. The minimum absolute atomic E-state index is 0.0905. The van der Waals surface area contributed by atoms with Crippen LogP contribution >= 0.6 is 0 Å². The fraction of sp³-hybridized carbons (Fsp3) is 0.667. The maximum absolute atomic E-state index is 12.1. The van der Waals surface area contributed by atoms with Gasteiger partial charge in [-0.05, 0) is 19.5 Å². The molecule has 7 heteroatoms. The Morgan fingerprint density at radius 2 is 2.16 bits per heavy atom. The highest BCUT2D eigenvalue weighted by Gasteiger charge is 2.28. The Hall–Kier alpha value is -1.37. The maximum atomic E-state index is 12.1. The molecular formula is C12H19F3N4. The summed E-state index contributed by atoms with van der Waals surface area (Å²) >= 11 is 0. The van der Waals surface area contributed by atoms with Crippen molar-refractivity contribution < 1.29 is 13.2 Å². The smallest absolute Gasteiger partial charge is 0.367 e. The van der Waals surface area contributed by atoms with Crippen LogP contribution in [0.2, 0.25) is 0 Å². The minimum Gasteiger partial charge on any atom is -0.367 e. The molecule has 0 aromatic carbocycles. The first-order valence-electron chi connectivity index (χ1n) is 6.38. The number of hydrazine groups is 1. The molecule has 0 spiro atoms. The number of nitrogens with zero attached hydrogens (tertiary/aromatic N) is 2. The van der Waals surface area contributed by atoms with Gasteiger partial charge in [-0.3, -0.25) is 5.01 Å². The summed E-state index contributed by atoms with van der Waals surface area (Å²) in [6.45, 7) is 2.21. The Morgan fingerprint density at radius 3 is 2.79 bits per heavy atom. The second kappa shape index (κ2) is 5.73. The van der Waals surface area contributed by atoms with Crippen LogP contribution in [0, 0.1) is 0 Å². The predicted molar refractivity (Wildman–Crippen MR) is 66.8 cm³/mol. The first-order chi connectivity index (χ1) is 8.98. The van der Waals surface area contributed by atoms with E-state index in [0.717, 1.165) is 18.8 Å². The number of hydrogen-bond donors (Lipinski definition) is 2. The average molecular weight is 276 g/mol. The summed E-state index contributed by atoms with van der Waals surface area (Å²) in [7, 11) is 1.93. The third-order valence-corrected chi connectivity index (χ3v) is 3.30. The van der Waals surface area contributed by atoms with Crippen LogP contribution in [-0.2, 0) is 0 Å². The Kier molecular flexibility index (Phi) is 4.24. The van der Waals surface area contributed by atoms with Gasteiger partial charge in [-0.15, -0.1) is 0 Å². The molecule has 2 aliphatic rings. The molecule has 0 saturated carbocycles. The molecule has 4 nitrogen and oxygen atoms in total. The lowest BCUT2D eigenvalue weighted by Crippen LogP contribution is -2.56. The number of allylic oxidation sites excluding steroid dienone is 1. The number of alkyl halides is 3. The van der Waals surface area contributed by atoms with Gasteiger partial charge in [-0.25, -0.2) is 0 Å². The maximum Gasteiger partial charge on any atom is 0.389 e. The molecule has 2 aliphatic heterocycles. The van der Waals surface area contributed by atoms with Crippen LogP contribution in [0.5, 0.6) is 0 Å². The van der Waals surface area contributed by atoms with E-state index in [1.807, 2.05) is 19.3 Å². The van der Waals surface area contributed by atoms with Crippen LogP contribution in [0.3, 0.4) is 0 Å². The van der Waals surface area contributed by atoms with Crippen molar-refractivity contribution in [2.24, 2.45) is 0 Å². The summed E-state index contributed by atoms with van der Waals surface area (Å²) < 4.78 is 36.2. The van der Waals surface area contributed by atoms with Gasteiger partial charge < -0.3 is 15.6 Å². The monoisotopic (exact) mass is 276 g/mol. The first kappa shape index (κ1) is 14.0. The molecule has 1 saturated heterocycles. The van der Waals surface area contributed by atoms with Crippen molar-refractivity contribution in [2.45, 2.75) is 25.1 Å². The van der Waals surface area contributed by atoms with E-state index in [1.165, 1.54) is 0 Å². The molecule has 2 rings (SSSR count). The van der Waals surface area contributed by atoms with Crippen molar-refractivity contribution in [2.75, 3.05) is 26.7 Å². The second-order valence-corrected chi connectivity index (χ2v) is 4.82. The van der Waals surface area contributed by atoms with E-state index in [9.17, 15) is 13.2 Å². The summed E-state index contributed by atoms with van der Waals surface area (Å²) in [5.74, 6) is 0. The van der Waals surface area contributed by atoms with Crippen LogP contribution in [-0.4, -0.2) is 48.8 Å². The molecule has 0 amide bonds. The Morgan fingerprint density at radius 1 is 1.42 bits per heavy atom. The SMILES string of the molecule is CNC1CN(C2=CN(CCCC(F)(F)F)NC=C2)C1. The van der Waals surface area contributed by atoms with Crippen molar-refractivity contribution in [3.63, 3.8) is 0 Å². The van der Waals surface area contributed by atoms with Gasteiger partial charge in [0.1, 0.15) is 0 Å². The third-order valence-electron chi connectivity index (χ3n) is 3.30. The minimum atomic E-state index is -4.07. The number of likely N-dealkylation sites (tertiary alicyclic amines) is 1. The quantitative estimate of drug-likeness (QED) is 0.795. The summed E-state index contributed by atoms with van der Waals surface area (Å²) in [6.07, 6.45) is 0.830. The lowest BCUT2D eigenvalue weighted by Gasteiger charge is -2.42. The zero-order chi connectivity index (χ0) is 13.9. The summed E-state index contributed by atoms with van der Waals surface area (Å²) in [6, 6.07) is 0.503. The topological polar surface area (TPSA) is 30.5 Å². The molecule has 0 aliphatic carbocycles. The molecule has 2 N–H and O–H groups in total. The molecule has 0 unspecified atom stereocenters. The van der Waals surface area contributed by atoms with E-state index in [1.54, 1.807) is 11.2 Å². The van der Waals surface area contributed by atoms with Crippen LogP contribution in [0.25, 0.3) is 0 Å². The van der Waals surface area contributed by atoms with Crippen molar-refractivity contribution in [3.8, 4) is 0 Å². The molecule has 2 heterocycles. The standard InChI is InChI=1S/C12H19F3N4/c1-16-10-7-18(8-10)11-3-5-17-19(9-11)6-2-4-12(13,14)15/h3,5,9-10,16-17H,2,4,6-8H2,1H3. The lowest BCUT2D eigenvalue weighted by molar-refractivity contribution is -0.136. The van der Waals surface area contributed by atoms with Crippen molar-refractivity contribution >= 4 is 0 Å². The number of halogens is 3. The highest BCUT2D eigenvalue weighted by Crippen LogP contribution is 2.22. The van der Waals surface area contributed by atoms with Gasteiger partial charge in [0.05, 0.1) is 5.70 Å². The molecule has 0 aromatic rings. The highest BCUT2D eigenvalue weighted by molar-refractivity contribution is 5.22. The summed E-state index contributed by atoms with van der Waals surface area (Å²) in [5, 5.41) is 4.89. The Labute approximate surface area is 110 Å². The van der Waals surface area contributed by atoms with E-state index >= 15 is 0 Å². The van der Waals surface area contributed by atoms with Crippen molar-refractivity contribution in [1.82, 2.24) is 20.7 Å². The fourth-order valence-corrected chi connectivity index (χ4v) is 2.10. The van der Waals surface area contributed by atoms with Crippen molar-refractivity contribution in [3.05, 3.63) is 24.2 Å². The molecular weight excluding hydrogens is 257 g/mol. The van der Waals surface area contributed by atoms with Crippen LogP contribution in [0.4, 0.5) is 13.2 Å². The largest absolute Gasteiger partial charge is 0.389 e. The van der Waals surface area contributed by atoms with E-state index in [4.69, 9.17) is 0 Å². The van der Waals surface area contributed by atoms with Crippen molar-refractivity contribution in [1.29, 1.82) is 0 Å². The normalized spacial score (nSPS) is 20.1. The van der Waals surface area contributed by atoms with Crippen LogP contribution in [0.1, 0.15) is 12.8 Å². The molecule has 0 atom stereocenters. The predicted octanol–water partition coefficient (Wildman–Crippen LogP) is 1.41. The van der Waals surface area contributed by atoms with Gasteiger partial charge in [0.15, 0.2) is 0 Å². The second-order valence-electron chi connectivity index (χ2n) is 4.82. The summed E-state index contributed by atoms with van der Waals surface area (Å²) in [4.78, 5) is 2.19. The van der Waals surface area contributed by atoms with Gasteiger partial charge in [-0.2, -0.15) is 13.2 Å². The van der Waals surface area contributed by atoms with Gasteiger partial charge in [0.25, 0.3) is 0 Å². The number of likely N-dealkylation sites (N-methyl/N-ethyl adjacent to an activating group) is 1. The highest BCUT2D eigenvalue weighted by atomic mass is 19.4. The molecule has 108 valence electrons. The number of rotatable bonds is 5. The Balaban J connectivity index is 1.77. The zero-order valence-corrected chi connectivity index (χ0v) is 10.9. The fourth-order valence-electron chi connectivity index (χ4n) is 2.10. The van der Waals surface area contributed by atoms with E-state index in [-0.39, 0.29) is 6.42 Å². The molecule has 0 radical (unpaired) electrons. The van der Waals surface area contributed by atoms with E-state index in [2.05, 4.69) is 15.6 Å². The molecule has 0 bridgehead atoms. The zero-order valence-electron chi connectivity index (χ0n) is 10.9. The van der Waals surface area contributed by atoms with Gasteiger partial charge in [0.2, 0.25) is 0 Å². The first-order valence-corrected chi connectivity index (χ1v) is 6.38. The van der Waals surface area contributed by atoms with Gasteiger partial charge in [0, 0.05) is 44.5 Å². The van der Waals surface area contributed by atoms with Gasteiger partial charge >= 0.3 is 6.18 Å². The van der Waals surface area contributed by atoms with Gasteiger partial charge in [-0.1, -0.05) is 0 Å². The van der Waals surface area contributed by atoms with E-state index in [0.29, 0.717) is 12.6 Å². The third kappa shape index (κ3) is 4.05. The lowest BCUT2D eigenvalue weighted by atomic mass is 10.1. The summed E-state index contributed by atoms with van der Waals surface area (Å²) in [5.41, 5.74) is 3.97. The van der Waals surface area contributed by atoms with Crippen LogP contribution in [0.15, 0.2) is 24.2 Å². The number of nitrogens with one attached hydrogen (secondary N) is 2. The molecule has 19 heavy (non-hydrogen) atoms. The molecule has 0 aromatic heterocycles. The van der Waals surface area contributed by atoms with E-state index < -0.39 is 12.6 Å². The Bertz CT molecular complexity index is 358. The van der Waals surface area contributed by atoms with Crippen LogP contribution < -0.4 is 10.7 Å².